The highest BCUT2D eigenvalue weighted by atomic mass is 16.3. The Labute approximate surface area is 115 Å². The van der Waals surface area contributed by atoms with Crippen molar-refractivity contribution in [1.82, 2.24) is 9.97 Å². The van der Waals surface area contributed by atoms with Gasteiger partial charge in [-0.05, 0) is 54.6 Å². The maximum absolute atomic E-state index is 9.76. The minimum atomic E-state index is 0.293. The SMILES string of the molecule is Cc1c2ccncc2c(C)c2c1[nH]c1ccc(O)cc12. The lowest BCUT2D eigenvalue weighted by molar-refractivity contribution is 0.476. The summed E-state index contributed by atoms with van der Waals surface area (Å²) in [7, 11) is 0. The number of phenols is 1. The van der Waals surface area contributed by atoms with Crippen molar-refractivity contribution in [2.45, 2.75) is 13.8 Å². The lowest BCUT2D eigenvalue weighted by Crippen LogP contribution is -1.87. The van der Waals surface area contributed by atoms with Gasteiger partial charge in [0, 0.05) is 34.1 Å². The molecule has 3 nitrogen and oxygen atoms in total. The van der Waals surface area contributed by atoms with Gasteiger partial charge in [0.15, 0.2) is 0 Å². The first-order chi connectivity index (χ1) is 9.66. The van der Waals surface area contributed by atoms with Crippen molar-refractivity contribution in [3.05, 3.63) is 47.8 Å². The zero-order chi connectivity index (χ0) is 13.9. The van der Waals surface area contributed by atoms with Gasteiger partial charge in [0.1, 0.15) is 5.75 Å². The second-order valence-corrected chi connectivity index (χ2v) is 5.28. The van der Waals surface area contributed by atoms with Gasteiger partial charge in [0.2, 0.25) is 0 Å². The first kappa shape index (κ1) is 11.3. The van der Waals surface area contributed by atoms with Crippen LogP contribution in [-0.4, -0.2) is 15.1 Å². The number of benzene rings is 2. The van der Waals surface area contributed by atoms with Crippen molar-refractivity contribution in [2.75, 3.05) is 0 Å². The molecule has 0 aliphatic rings. The molecule has 4 rings (SSSR count). The van der Waals surface area contributed by atoms with E-state index in [1.807, 2.05) is 24.5 Å². The fourth-order valence-corrected chi connectivity index (χ4v) is 3.14. The number of aromatic amines is 1. The third kappa shape index (κ3) is 1.32. The number of pyridine rings is 1. The molecule has 0 bridgehead atoms. The Balaban J connectivity index is 2.36. The summed E-state index contributed by atoms with van der Waals surface area (Å²) in [6.07, 6.45) is 3.74. The average Bonchev–Trinajstić information content (AvgIpc) is 2.84. The minimum Gasteiger partial charge on any atom is -0.508 e. The smallest absolute Gasteiger partial charge is 0.116 e. The number of H-pyrrole nitrogens is 1. The molecule has 20 heavy (non-hydrogen) atoms. The fraction of sp³-hybridized carbons (Fsp3) is 0.118. The third-order valence-corrected chi connectivity index (χ3v) is 4.16. The molecule has 0 saturated heterocycles. The van der Waals surface area contributed by atoms with Gasteiger partial charge in [-0.2, -0.15) is 0 Å². The number of fused-ring (bicyclic) bond motifs is 4. The number of aryl methyl sites for hydroxylation is 2. The second kappa shape index (κ2) is 3.73. The molecule has 0 radical (unpaired) electrons. The highest BCUT2D eigenvalue weighted by Gasteiger charge is 2.14. The Morgan fingerprint density at radius 2 is 1.85 bits per heavy atom. The number of aromatic hydroxyl groups is 1. The number of phenolic OH excluding ortho intramolecular Hbond substituents is 1. The Hall–Kier alpha value is -2.55. The van der Waals surface area contributed by atoms with Crippen LogP contribution in [0.3, 0.4) is 0 Å². The largest absolute Gasteiger partial charge is 0.508 e. The Kier molecular flexibility index (Phi) is 2.11. The molecule has 3 heteroatoms. The first-order valence-electron chi connectivity index (χ1n) is 6.64. The molecule has 2 aromatic heterocycles. The molecule has 0 unspecified atom stereocenters. The van der Waals surface area contributed by atoms with Crippen LogP contribution < -0.4 is 0 Å². The first-order valence-corrected chi connectivity index (χ1v) is 6.64. The van der Waals surface area contributed by atoms with Crippen LogP contribution in [0.5, 0.6) is 5.75 Å². The molecule has 0 saturated carbocycles. The van der Waals surface area contributed by atoms with E-state index in [9.17, 15) is 5.11 Å². The molecule has 2 aromatic carbocycles. The van der Waals surface area contributed by atoms with Crippen LogP contribution in [0, 0.1) is 13.8 Å². The van der Waals surface area contributed by atoms with Crippen molar-refractivity contribution in [3.8, 4) is 5.75 Å². The summed E-state index contributed by atoms with van der Waals surface area (Å²) in [5.41, 5.74) is 4.61. The molecule has 0 fully saturated rings. The number of aromatic nitrogens is 2. The molecule has 2 N–H and O–H groups in total. The molecule has 0 aliphatic heterocycles. The van der Waals surface area contributed by atoms with Crippen LogP contribution in [0.25, 0.3) is 32.6 Å². The van der Waals surface area contributed by atoms with E-state index in [0.717, 1.165) is 16.4 Å². The maximum Gasteiger partial charge on any atom is 0.116 e. The summed E-state index contributed by atoms with van der Waals surface area (Å²) in [6, 6.07) is 7.51. The minimum absolute atomic E-state index is 0.293. The fourth-order valence-electron chi connectivity index (χ4n) is 3.14. The van der Waals surface area contributed by atoms with Gasteiger partial charge in [0.05, 0.1) is 5.52 Å². The van der Waals surface area contributed by atoms with Crippen LogP contribution >= 0.6 is 0 Å². The number of nitrogens with one attached hydrogen (secondary N) is 1. The lowest BCUT2D eigenvalue weighted by atomic mass is 9.97. The van der Waals surface area contributed by atoms with Crippen LogP contribution in [-0.2, 0) is 0 Å². The van der Waals surface area contributed by atoms with Crippen molar-refractivity contribution >= 4 is 32.6 Å². The lowest BCUT2D eigenvalue weighted by Gasteiger charge is -2.08. The van der Waals surface area contributed by atoms with Gasteiger partial charge < -0.3 is 10.1 Å². The van der Waals surface area contributed by atoms with Crippen LogP contribution in [0.2, 0.25) is 0 Å². The summed E-state index contributed by atoms with van der Waals surface area (Å²) in [5.74, 6) is 0.293. The topological polar surface area (TPSA) is 48.9 Å². The predicted octanol–water partition coefficient (Wildman–Crippen LogP) is 4.19. The maximum atomic E-state index is 9.76. The molecular weight excluding hydrogens is 248 g/mol. The second-order valence-electron chi connectivity index (χ2n) is 5.28. The van der Waals surface area contributed by atoms with Gasteiger partial charge >= 0.3 is 0 Å². The summed E-state index contributed by atoms with van der Waals surface area (Å²) >= 11 is 0. The average molecular weight is 262 g/mol. The van der Waals surface area contributed by atoms with E-state index in [2.05, 4.69) is 29.9 Å². The number of nitrogens with zero attached hydrogens (tertiary/aromatic N) is 1. The van der Waals surface area contributed by atoms with E-state index >= 15 is 0 Å². The summed E-state index contributed by atoms with van der Waals surface area (Å²) < 4.78 is 0. The van der Waals surface area contributed by atoms with Gasteiger partial charge in [0.25, 0.3) is 0 Å². The van der Waals surface area contributed by atoms with E-state index in [-0.39, 0.29) is 0 Å². The van der Waals surface area contributed by atoms with E-state index in [0.29, 0.717) is 5.75 Å². The van der Waals surface area contributed by atoms with Crippen molar-refractivity contribution < 1.29 is 5.11 Å². The van der Waals surface area contributed by atoms with E-state index in [1.54, 1.807) is 6.07 Å². The van der Waals surface area contributed by atoms with Crippen LogP contribution in [0.15, 0.2) is 36.7 Å². The zero-order valence-corrected chi connectivity index (χ0v) is 11.4. The van der Waals surface area contributed by atoms with Crippen LogP contribution in [0.4, 0.5) is 0 Å². The van der Waals surface area contributed by atoms with Gasteiger partial charge in [-0.3, -0.25) is 4.98 Å². The standard InChI is InChI=1S/C17H14N2O/c1-9-14-8-18-6-5-12(14)10(2)17-16(9)13-7-11(20)3-4-15(13)19-17/h3-8,19-20H,1-2H3. The van der Waals surface area contributed by atoms with Crippen molar-refractivity contribution in [1.29, 1.82) is 0 Å². The van der Waals surface area contributed by atoms with E-state index in [1.165, 1.54) is 27.3 Å². The molecule has 98 valence electrons. The van der Waals surface area contributed by atoms with Crippen LogP contribution in [0.1, 0.15) is 11.1 Å². The Morgan fingerprint density at radius 1 is 1.00 bits per heavy atom. The third-order valence-electron chi connectivity index (χ3n) is 4.16. The molecular formula is C17H14N2O. The molecule has 0 spiro atoms. The highest BCUT2D eigenvalue weighted by molar-refractivity contribution is 6.16. The van der Waals surface area contributed by atoms with Gasteiger partial charge in [-0.1, -0.05) is 0 Å². The molecule has 2 heterocycles. The molecule has 4 aromatic rings. The number of hydrogen-bond donors (Lipinski definition) is 2. The molecule has 0 aliphatic carbocycles. The Morgan fingerprint density at radius 3 is 2.70 bits per heavy atom. The highest BCUT2D eigenvalue weighted by Crippen LogP contribution is 2.37. The van der Waals surface area contributed by atoms with Crippen molar-refractivity contribution in [2.24, 2.45) is 0 Å². The molecule has 0 amide bonds. The number of rotatable bonds is 0. The monoisotopic (exact) mass is 262 g/mol. The summed E-state index contributed by atoms with van der Waals surface area (Å²) in [4.78, 5) is 7.72. The quantitative estimate of drug-likeness (QED) is 0.499. The van der Waals surface area contributed by atoms with E-state index < -0.39 is 0 Å². The zero-order valence-electron chi connectivity index (χ0n) is 11.4. The number of hydrogen-bond acceptors (Lipinski definition) is 2. The molecule has 0 atom stereocenters. The predicted molar refractivity (Wildman–Crippen MR) is 82.2 cm³/mol. The van der Waals surface area contributed by atoms with Crippen molar-refractivity contribution in [3.63, 3.8) is 0 Å². The van der Waals surface area contributed by atoms with Gasteiger partial charge in [-0.15, -0.1) is 0 Å². The van der Waals surface area contributed by atoms with E-state index in [4.69, 9.17) is 0 Å². The summed E-state index contributed by atoms with van der Waals surface area (Å²) in [5, 5.41) is 14.4. The summed E-state index contributed by atoms with van der Waals surface area (Å²) in [6.45, 7) is 4.24. The van der Waals surface area contributed by atoms with Gasteiger partial charge in [-0.25, -0.2) is 0 Å². The normalized spacial score (nSPS) is 11.7. The Bertz CT molecular complexity index is 983.